The average molecular weight is 211 g/mol. The Labute approximate surface area is 91.7 Å². The number of ether oxygens (including phenoxy) is 1. The van der Waals surface area contributed by atoms with Gasteiger partial charge in [-0.05, 0) is 19.4 Å². The number of methoxy groups -OCH3 is 1. The van der Waals surface area contributed by atoms with Crippen molar-refractivity contribution in [2.45, 2.75) is 19.4 Å². The maximum Gasteiger partial charge on any atom is 0.0947 e. The van der Waals surface area contributed by atoms with Crippen molar-refractivity contribution in [3.8, 4) is 0 Å². The summed E-state index contributed by atoms with van der Waals surface area (Å²) in [7, 11) is 5.70. The van der Waals surface area contributed by atoms with Crippen molar-refractivity contribution in [2.75, 3.05) is 20.8 Å². The van der Waals surface area contributed by atoms with Gasteiger partial charge in [-0.2, -0.15) is 0 Å². The summed E-state index contributed by atoms with van der Waals surface area (Å²) in [5, 5.41) is 3.31. The molecular weight excluding hydrogens is 190 g/mol. The van der Waals surface area contributed by atoms with Gasteiger partial charge in [0.15, 0.2) is 0 Å². The van der Waals surface area contributed by atoms with Crippen molar-refractivity contribution in [3.63, 3.8) is 0 Å². The average Bonchev–Trinajstić information content (AvgIpc) is 2.63. The summed E-state index contributed by atoms with van der Waals surface area (Å²) in [5.41, 5.74) is 1.10. The molecule has 0 radical (unpaired) electrons. The Morgan fingerprint density at radius 3 is 2.80 bits per heavy atom. The van der Waals surface area contributed by atoms with Crippen molar-refractivity contribution >= 4 is 0 Å². The van der Waals surface area contributed by atoms with E-state index in [2.05, 4.69) is 23.4 Å². The summed E-state index contributed by atoms with van der Waals surface area (Å²) < 4.78 is 7.07. The normalized spacial score (nSPS) is 15.2. The second-order valence-corrected chi connectivity index (χ2v) is 3.99. The van der Waals surface area contributed by atoms with Crippen molar-refractivity contribution in [3.05, 3.63) is 18.2 Å². The highest BCUT2D eigenvalue weighted by atomic mass is 16.5. The Hall–Kier alpha value is -0.870. The predicted molar refractivity (Wildman–Crippen MR) is 60.7 cm³/mol. The predicted octanol–water partition coefficient (Wildman–Crippen LogP) is 1.35. The molecule has 4 heteroatoms. The summed E-state index contributed by atoms with van der Waals surface area (Å²) in [6.07, 6.45) is 4.94. The SMILES string of the molecule is CNC(c1cn(C)cn1)C(C)CCOC. The lowest BCUT2D eigenvalue weighted by Crippen LogP contribution is -2.24. The molecule has 15 heavy (non-hydrogen) atoms. The van der Waals surface area contributed by atoms with Crippen LogP contribution in [-0.2, 0) is 11.8 Å². The topological polar surface area (TPSA) is 39.1 Å². The summed E-state index contributed by atoms with van der Waals surface area (Å²) in [5.74, 6) is 0.518. The van der Waals surface area contributed by atoms with Crippen molar-refractivity contribution < 1.29 is 4.74 Å². The third-order valence-corrected chi connectivity index (χ3v) is 2.70. The van der Waals surface area contributed by atoms with Crippen LogP contribution in [0.2, 0.25) is 0 Å². The minimum Gasteiger partial charge on any atom is -0.385 e. The van der Waals surface area contributed by atoms with E-state index in [0.717, 1.165) is 18.7 Å². The zero-order valence-corrected chi connectivity index (χ0v) is 10.0. The van der Waals surface area contributed by atoms with Gasteiger partial charge in [-0.25, -0.2) is 4.98 Å². The summed E-state index contributed by atoms with van der Waals surface area (Å²) in [4.78, 5) is 4.38. The van der Waals surface area contributed by atoms with E-state index in [1.54, 1.807) is 7.11 Å². The molecule has 1 N–H and O–H groups in total. The van der Waals surface area contributed by atoms with E-state index in [-0.39, 0.29) is 0 Å². The first kappa shape index (κ1) is 12.2. The minimum absolute atomic E-state index is 0.307. The molecule has 0 aromatic carbocycles. The summed E-state index contributed by atoms with van der Waals surface area (Å²) in [6.45, 7) is 3.01. The first-order valence-electron chi connectivity index (χ1n) is 5.33. The van der Waals surface area contributed by atoms with Gasteiger partial charge >= 0.3 is 0 Å². The van der Waals surface area contributed by atoms with E-state index >= 15 is 0 Å². The lowest BCUT2D eigenvalue weighted by molar-refractivity contribution is 0.171. The monoisotopic (exact) mass is 211 g/mol. The molecule has 0 saturated heterocycles. The number of imidazole rings is 1. The zero-order chi connectivity index (χ0) is 11.3. The Morgan fingerprint density at radius 1 is 1.60 bits per heavy atom. The maximum absolute atomic E-state index is 5.09. The second-order valence-electron chi connectivity index (χ2n) is 3.99. The number of hydrogen-bond donors (Lipinski definition) is 1. The Balaban J connectivity index is 2.62. The zero-order valence-electron chi connectivity index (χ0n) is 10.0. The lowest BCUT2D eigenvalue weighted by Gasteiger charge is -2.21. The minimum atomic E-state index is 0.307. The van der Waals surface area contributed by atoms with Crippen molar-refractivity contribution in [1.29, 1.82) is 0 Å². The number of nitrogens with one attached hydrogen (secondary N) is 1. The van der Waals surface area contributed by atoms with Gasteiger partial charge in [0, 0.05) is 27.0 Å². The van der Waals surface area contributed by atoms with E-state index in [0.29, 0.717) is 12.0 Å². The van der Waals surface area contributed by atoms with Crippen LogP contribution in [-0.4, -0.2) is 30.3 Å². The van der Waals surface area contributed by atoms with Crippen LogP contribution in [0.4, 0.5) is 0 Å². The van der Waals surface area contributed by atoms with Gasteiger partial charge < -0.3 is 14.6 Å². The molecule has 0 amide bonds. The number of nitrogens with zero attached hydrogens (tertiary/aromatic N) is 2. The molecule has 1 heterocycles. The number of hydrogen-bond acceptors (Lipinski definition) is 3. The van der Waals surface area contributed by atoms with Crippen LogP contribution >= 0.6 is 0 Å². The van der Waals surface area contributed by atoms with E-state index in [4.69, 9.17) is 4.74 Å². The first-order chi connectivity index (χ1) is 7.19. The number of aryl methyl sites for hydroxylation is 1. The summed E-state index contributed by atoms with van der Waals surface area (Å²) in [6, 6.07) is 0.307. The highest BCUT2D eigenvalue weighted by Gasteiger charge is 2.19. The molecule has 0 aliphatic rings. The Morgan fingerprint density at radius 2 is 2.33 bits per heavy atom. The Kier molecular flexibility index (Phi) is 4.78. The van der Waals surface area contributed by atoms with Gasteiger partial charge in [0.2, 0.25) is 0 Å². The van der Waals surface area contributed by atoms with Gasteiger partial charge in [-0.15, -0.1) is 0 Å². The van der Waals surface area contributed by atoms with Gasteiger partial charge in [0.1, 0.15) is 0 Å². The Bertz CT molecular complexity index is 285. The van der Waals surface area contributed by atoms with Gasteiger partial charge in [0.05, 0.1) is 18.1 Å². The third kappa shape index (κ3) is 3.32. The molecule has 0 bridgehead atoms. The molecule has 0 spiro atoms. The molecule has 1 rings (SSSR count). The molecule has 2 unspecified atom stereocenters. The molecule has 0 saturated carbocycles. The second kappa shape index (κ2) is 5.88. The molecule has 2 atom stereocenters. The standard InChI is InChI=1S/C11H21N3O/c1-9(5-6-15-4)11(12-2)10-7-14(3)8-13-10/h7-9,11-12H,5-6H2,1-4H3. The smallest absolute Gasteiger partial charge is 0.0947 e. The van der Waals surface area contributed by atoms with E-state index in [1.807, 2.05) is 25.0 Å². The number of rotatable bonds is 6. The number of aromatic nitrogens is 2. The fourth-order valence-electron chi connectivity index (χ4n) is 1.79. The van der Waals surface area contributed by atoms with E-state index < -0.39 is 0 Å². The largest absolute Gasteiger partial charge is 0.385 e. The molecule has 0 fully saturated rings. The van der Waals surface area contributed by atoms with E-state index in [9.17, 15) is 0 Å². The maximum atomic E-state index is 5.09. The van der Waals surface area contributed by atoms with Gasteiger partial charge in [0.25, 0.3) is 0 Å². The van der Waals surface area contributed by atoms with Crippen LogP contribution in [0, 0.1) is 5.92 Å². The molecule has 0 aliphatic carbocycles. The van der Waals surface area contributed by atoms with E-state index in [1.165, 1.54) is 0 Å². The van der Waals surface area contributed by atoms with Crippen molar-refractivity contribution in [2.24, 2.45) is 13.0 Å². The molecule has 1 aromatic rings. The van der Waals surface area contributed by atoms with Crippen LogP contribution in [0.1, 0.15) is 25.1 Å². The van der Waals surface area contributed by atoms with Gasteiger partial charge in [-0.3, -0.25) is 0 Å². The molecular formula is C11H21N3O. The van der Waals surface area contributed by atoms with Crippen LogP contribution < -0.4 is 5.32 Å². The van der Waals surface area contributed by atoms with Crippen LogP contribution in [0.3, 0.4) is 0 Å². The van der Waals surface area contributed by atoms with Crippen LogP contribution in [0.25, 0.3) is 0 Å². The molecule has 1 aromatic heterocycles. The quantitative estimate of drug-likeness (QED) is 0.772. The third-order valence-electron chi connectivity index (χ3n) is 2.70. The lowest BCUT2D eigenvalue weighted by atomic mass is 9.96. The fraction of sp³-hybridized carbons (Fsp3) is 0.727. The first-order valence-corrected chi connectivity index (χ1v) is 5.33. The molecule has 0 aliphatic heterocycles. The molecule has 4 nitrogen and oxygen atoms in total. The van der Waals surface area contributed by atoms with Crippen molar-refractivity contribution in [1.82, 2.24) is 14.9 Å². The highest BCUT2D eigenvalue weighted by molar-refractivity contribution is 5.04. The van der Waals surface area contributed by atoms with Crippen LogP contribution in [0.15, 0.2) is 12.5 Å². The highest BCUT2D eigenvalue weighted by Crippen LogP contribution is 2.22. The van der Waals surface area contributed by atoms with Crippen LogP contribution in [0.5, 0.6) is 0 Å². The molecule has 86 valence electrons. The fourth-order valence-corrected chi connectivity index (χ4v) is 1.79. The summed E-state index contributed by atoms with van der Waals surface area (Å²) >= 11 is 0. The van der Waals surface area contributed by atoms with Gasteiger partial charge in [-0.1, -0.05) is 6.92 Å².